The third kappa shape index (κ3) is 3.96. The van der Waals surface area contributed by atoms with Gasteiger partial charge in [-0.3, -0.25) is 4.79 Å². The van der Waals surface area contributed by atoms with E-state index in [1.165, 1.54) is 5.69 Å². The Morgan fingerprint density at radius 2 is 2.16 bits per heavy atom. The van der Waals surface area contributed by atoms with Crippen LogP contribution in [0.3, 0.4) is 0 Å². The molecule has 1 aliphatic rings. The quantitative estimate of drug-likeness (QED) is 0.855. The topological polar surface area (TPSA) is 58.4 Å². The fraction of sp³-hybridized carbons (Fsp3) is 0.533. The lowest BCUT2D eigenvalue weighted by atomic mass is 10.2. The molecule has 1 amide bonds. The van der Waals surface area contributed by atoms with Gasteiger partial charge in [-0.2, -0.15) is 0 Å². The second-order valence-electron chi connectivity index (χ2n) is 5.19. The van der Waals surface area contributed by atoms with Crippen molar-refractivity contribution in [1.82, 2.24) is 0 Å². The number of rotatable bonds is 5. The Morgan fingerprint density at radius 1 is 1.42 bits per heavy atom. The Labute approximate surface area is 115 Å². The molecule has 1 atom stereocenters. The van der Waals surface area contributed by atoms with Gasteiger partial charge in [-0.25, -0.2) is 0 Å². The third-order valence-corrected chi connectivity index (χ3v) is 3.50. The molecule has 4 heteroatoms. The van der Waals surface area contributed by atoms with Crippen molar-refractivity contribution in [2.75, 3.05) is 23.3 Å². The molecule has 3 N–H and O–H groups in total. The molecule has 1 aliphatic heterocycles. The minimum atomic E-state index is 0.0952. The number of hydrogen-bond donors (Lipinski definition) is 2. The standard InChI is InChI=1S/C15H23N3O/c1-2-3-4-15(19)17-13-5-7-14(8-6-13)18-10-9-12(16)11-18/h5-8,12H,2-4,9-11,16H2,1H3,(H,17,19). The van der Waals surface area contributed by atoms with E-state index in [0.717, 1.165) is 38.0 Å². The van der Waals surface area contributed by atoms with Crippen molar-refractivity contribution < 1.29 is 4.79 Å². The Balaban J connectivity index is 1.89. The van der Waals surface area contributed by atoms with Gasteiger partial charge in [-0.15, -0.1) is 0 Å². The maximum atomic E-state index is 11.6. The summed E-state index contributed by atoms with van der Waals surface area (Å²) < 4.78 is 0. The first-order chi connectivity index (χ1) is 9.19. The predicted octanol–water partition coefficient (Wildman–Crippen LogP) is 2.35. The van der Waals surface area contributed by atoms with Gasteiger partial charge in [-0.1, -0.05) is 13.3 Å². The number of anilines is 2. The van der Waals surface area contributed by atoms with Crippen LogP contribution < -0.4 is 16.0 Å². The molecule has 1 unspecified atom stereocenters. The van der Waals surface area contributed by atoms with Crippen LogP contribution in [-0.4, -0.2) is 25.0 Å². The maximum absolute atomic E-state index is 11.6. The monoisotopic (exact) mass is 261 g/mol. The zero-order valence-corrected chi connectivity index (χ0v) is 11.6. The molecule has 0 aliphatic carbocycles. The fourth-order valence-electron chi connectivity index (χ4n) is 2.34. The van der Waals surface area contributed by atoms with Crippen LogP contribution in [0.4, 0.5) is 11.4 Å². The van der Waals surface area contributed by atoms with E-state index >= 15 is 0 Å². The lowest BCUT2D eigenvalue weighted by Gasteiger charge is -2.18. The lowest BCUT2D eigenvalue weighted by molar-refractivity contribution is -0.116. The number of nitrogens with zero attached hydrogens (tertiary/aromatic N) is 1. The largest absolute Gasteiger partial charge is 0.370 e. The van der Waals surface area contributed by atoms with Gasteiger partial charge in [0.25, 0.3) is 0 Å². The molecule has 1 heterocycles. The minimum Gasteiger partial charge on any atom is -0.370 e. The van der Waals surface area contributed by atoms with E-state index in [-0.39, 0.29) is 11.9 Å². The number of unbranched alkanes of at least 4 members (excludes halogenated alkanes) is 1. The highest BCUT2D eigenvalue weighted by Gasteiger charge is 2.18. The lowest BCUT2D eigenvalue weighted by Crippen LogP contribution is -2.26. The smallest absolute Gasteiger partial charge is 0.224 e. The van der Waals surface area contributed by atoms with Gasteiger partial charge in [-0.05, 0) is 37.1 Å². The van der Waals surface area contributed by atoms with E-state index in [1.807, 2.05) is 24.3 Å². The van der Waals surface area contributed by atoms with Crippen molar-refractivity contribution in [3.05, 3.63) is 24.3 Å². The molecule has 4 nitrogen and oxygen atoms in total. The van der Waals surface area contributed by atoms with Crippen molar-refractivity contribution >= 4 is 17.3 Å². The van der Waals surface area contributed by atoms with Crippen molar-refractivity contribution in [2.24, 2.45) is 5.73 Å². The second kappa shape index (κ2) is 6.57. The summed E-state index contributed by atoms with van der Waals surface area (Å²) in [7, 11) is 0. The number of amides is 1. The van der Waals surface area contributed by atoms with Crippen LogP contribution in [0.1, 0.15) is 32.6 Å². The second-order valence-corrected chi connectivity index (χ2v) is 5.19. The number of nitrogens with two attached hydrogens (primary N) is 1. The first kappa shape index (κ1) is 13.9. The van der Waals surface area contributed by atoms with Gasteiger partial charge in [0.1, 0.15) is 0 Å². The van der Waals surface area contributed by atoms with Crippen LogP contribution in [0.25, 0.3) is 0 Å². The summed E-state index contributed by atoms with van der Waals surface area (Å²) >= 11 is 0. The summed E-state index contributed by atoms with van der Waals surface area (Å²) in [5.74, 6) is 0.0952. The molecule has 1 aromatic carbocycles. The predicted molar refractivity (Wildman–Crippen MR) is 79.4 cm³/mol. The van der Waals surface area contributed by atoms with Crippen LogP contribution in [0, 0.1) is 0 Å². The molecule has 1 saturated heterocycles. The third-order valence-electron chi connectivity index (χ3n) is 3.50. The molecular weight excluding hydrogens is 238 g/mol. The highest BCUT2D eigenvalue weighted by molar-refractivity contribution is 5.90. The number of hydrogen-bond acceptors (Lipinski definition) is 3. The van der Waals surface area contributed by atoms with E-state index in [0.29, 0.717) is 6.42 Å². The molecule has 0 aromatic heterocycles. The van der Waals surface area contributed by atoms with Crippen molar-refractivity contribution in [1.29, 1.82) is 0 Å². The number of benzene rings is 1. The van der Waals surface area contributed by atoms with Crippen LogP contribution >= 0.6 is 0 Å². The van der Waals surface area contributed by atoms with E-state index < -0.39 is 0 Å². The average molecular weight is 261 g/mol. The van der Waals surface area contributed by atoms with Crippen LogP contribution in [0.5, 0.6) is 0 Å². The molecule has 1 aromatic rings. The van der Waals surface area contributed by atoms with Crippen LogP contribution in [0.15, 0.2) is 24.3 Å². The van der Waals surface area contributed by atoms with Crippen molar-refractivity contribution in [3.63, 3.8) is 0 Å². The molecule has 104 valence electrons. The summed E-state index contributed by atoms with van der Waals surface area (Å²) in [6.07, 6.45) is 3.63. The fourth-order valence-corrected chi connectivity index (χ4v) is 2.34. The van der Waals surface area contributed by atoms with Crippen LogP contribution in [0.2, 0.25) is 0 Å². The van der Waals surface area contributed by atoms with Gasteiger partial charge in [0, 0.05) is 36.9 Å². The minimum absolute atomic E-state index is 0.0952. The Morgan fingerprint density at radius 3 is 2.74 bits per heavy atom. The summed E-state index contributed by atoms with van der Waals surface area (Å²) in [5.41, 5.74) is 7.96. The van der Waals surface area contributed by atoms with E-state index in [9.17, 15) is 4.79 Å². The number of carbonyl (C=O) groups is 1. The molecular formula is C15H23N3O. The highest BCUT2D eigenvalue weighted by Crippen LogP contribution is 2.21. The average Bonchev–Trinajstić information content (AvgIpc) is 2.84. The number of nitrogens with one attached hydrogen (secondary N) is 1. The van der Waals surface area contributed by atoms with Crippen molar-refractivity contribution in [2.45, 2.75) is 38.6 Å². The molecule has 2 rings (SSSR count). The van der Waals surface area contributed by atoms with Gasteiger partial charge in [0.05, 0.1) is 0 Å². The van der Waals surface area contributed by atoms with E-state index in [4.69, 9.17) is 5.73 Å². The van der Waals surface area contributed by atoms with Gasteiger partial charge >= 0.3 is 0 Å². The summed E-state index contributed by atoms with van der Waals surface area (Å²) in [4.78, 5) is 13.9. The van der Waals surface area contributed by atoms with E-state index in [1.54, 1.807) is 0 Å². The molecule has 0 radical (unpaired) electrons. The first-order valence-corrected chi connectivity index (χ1v) is 7.09. The zero-order chi connectivity index (χ0) is 13.7. The Bertz CT molecular complexity index is 416. The molecule has 0 saturated carbocycles. The molecule has 0 spiro atoms. The van der Waals surface area contributed by atoms with Gasteiger partial charge in [0.15, 0.2) is 0 Å². The van der Waals surface area contributed by atoms with E-state index in [2.05, 4.69) is 17.1 Å². The summed E-state index contributed by atoms with van der Waals surface area (Å²) in [5, 5.41) is 2.92. The molecule has 0 bridgehead atoms. The Hall–Kier alpha value is -1.55. The zero-order valence-electron chi connectivity index (χ0n) is 11.6. The highest BCUT2D eigenvalue weighted by atomic mass is 16.1. The first-order valence-electron chi connectivity index (χ1n) is 7.09. The van der Waals surface area contributed by atoms with Crippen molar-refractivity contribution in [3.8, 4) is 0 Å². The van der Waals surface area contributed by atoms with Gasteiger partial charge in [0.2, 0.25) is 5.91 Å². The molecule has 1 fully saturated rings. The Kier molecular flexibility index (Phi) is 4.80. The maximum Gasteiger partial charge on any atom is 0.224 e. The SMILES string of the molecule is CCCCC(=O)Nc1ccc(N2CCC(N)C2)cc1. The van der Waals surface area contributed by atoms with Gasteiger partial charge < -0.3 is 16.0 Å². The van der Waals surface area contributed by atoms with Crippen LogP contribution in [-0.2, 0) is 4.79 Å². The number of carbonyl (C=O) groups excluding carboxylic acids is 1. The summed E-state index contributed by atoms with van der Waals surface area (Å²) in [6, 6.07) is 8.31. The normalized spacial score (nSPS) is 18.6. The summed E-state index contributed by atoms with van der Waals surface area (Å²) in [6.45, 7) is 4.02. The molecule has 19 heavy (non-hydrogen) atoms.